The SMILES string of the molecule is F[C@H]1C[C@H]2C[C@@H]1C[C@@H]2Cl. The summed E-state index contributed by atoms with van der Waals surface area (Å²) in [6.45, 7) is 0. The summed E-state index contributed by atoms with van der Waals surface area (Å²) in [4.78, 5) is 0. The van der Waals surface area contributed by atoms with Gasteiger partial charge < -0.3 is 0 Å². The van der Waals surface area contributed by atoms with E-state index in [-0.39, 0.29) is 0 Å². The Labute approximate surface area is 59.4 Å². The van der Waals surface area contributed by atoms with Crippen molar-refractivity contribution in [2.75, 3.05) is 0 Å². The van der Waals surface area contributed by atoms with Crippen LogP contribution in [0, 0.1) is 11.8 Å². The number of alkyl halides is 2. The van der Waals surface area contributed by atoms with Crippen LogP contribution in [-0.2, 0) is 0 Å². The zero-order valence-electron chi connectivity index (χ0n) is 5.19. The van der Waals surface area contributed by atoms with E-state index in [4.69, 9.17) is 11.6 Å². The molecule has 0 aromatic rings. The molecule has 0 spiro atoms. The van der Waals surface area contributed by atoms with E-state index < -0.39 is 6.17 Å². The summed E-state index contributed by atoms with van der Waals surface area (Å²) in [5, 5.41) is 0.294. The van der Waals surface area contributed by atoms with Crippen molar-refractivity contribution in [3.63, 3.8) is 0 Å². The summed E-state index contributed by atoms with van der Waals surface area (Å²) in [7, 11) is 0. The molecule has 2 aliphatic carbocycles. The molecule has 0 saturated heterocycles. The average Bonchev–Trinajstić information content (AvgIpc) is 2.24. The molecule has 2 rings (SSSR count). The van der Waals surface area contributed by atoms with Gasteiger partial charge in [-0.1, -0.05) is 0 Å². The Morgan fingerprint density at radius 2 is 1.89 bits per heavy atom. The monoisotopic (exact) mass is 148 g/mol. The highest BCUT2D eigenvalue weighted by molar-refractivity contribution is 6.21. The molecule has 52 valence electrons. The van der Waals surface area contributed by atoms with E-state index in [9.17, 15) is 4.39 Å². The van der Waals surface area contributed by atoms with Gasteiger partial charge in [0.05, 0.1) is 0 Å². The summed E-state index contributed by atoms with van der Waals surface area (Å²) in [6, 6.07) is 0. The third-order valence-corrected chi connectivity index (χ3v) is 3.22. The Morgan fingerprint density at radius 1 is 1.11 bits per heavy atom. The largest absolute Gasteiger partial charge is 0.247 e. The highest BCUT2D eigenvalue weighted by Crippen LogP contribution is 2.48. The van der Waals surface area contributed by atoms with Crippen LogP contribution in [0.25, 0.3) is 0 Å². The van der Waals surface area contributed by atoms with Crippen LogP contribution in [-0.4, -0.2) is 11.5 Å². The van der Waals surface area contributed by atoms with Crippen LogP contribution in [0.2, 0.25) is 0 Å². The second kappa shape index (κ2) is 1.85. The first-order valence-electron chi connectivity index (χ1n) is 3.55. The highest BCUT2D eigenvalue weighted by atomic mass is 35.5. The lowest BCUT2D eigenvalue weighted by molar-refractivity contribution is 0.233. The van der Waals surface area contributed by atoms with Crippen LogP contribution >= 0.6 is 11.6 Å². The number of rotatable bonds is 0. The summed E-state index contributed by atoms with van der Waals surface area (Å²) < 4.78 is 12.7. The van der Waals surface area contributed by atoms with Crippen molar-refractivity contribution in [1.82, 2.24) is 0 Å². The minimum atomic E-state index is -0.523. The molecule has 0 radical (unpaired) electrons. The van der Waals surface area contributed by atoms with Gasteiger partial charge in [-0.2, -0.15) is 0 Å². The molecule has 0 aromatic heterocycles. The molecule has 0 amide bonds. The quantitative estimate of drug-likeness (QED) is 0.463. The van der Waals surface area contributed by atoms with Gasteiger partial charge in [-0.15, -0.1) is 11.6 Å². The Balaban J connectivity index is 2.10. The Morgan fingerprint density at radius 3 is 2.22 bits per heavy atom. The summed E-state index contributed by atoms with van der Waals surface area (Å²) in [5.74, 6) is 0.823. The van der Waals surface area contributed by atoms with Gasteiger partial charge >= 0.3 is 0 Å². The number of hydrogen-bond donors (Lipinski definition) is 0. The summed E-state index contributed by atoms with van der Waals surface area (Å²) in [5.41, 5.74) is 0. The maximum atomic E-state index is 12.7. The molecule has 4 atom stereocenters. The molecule has 2 bridgehead atoms. The molecule has 2 heteroatoms. The van der Waals surface area contributed by atoms with Crippen LogP contribution in [0.15, 0.2) is 0 Å². The van der Waals surface area contributed by atoms with E-state index in [1.807, 2.05) is 0 Å². The second-order valence-corrected chi connectivity index (χ2v) is 3.82. The first-order chi connectivity index (χ1) is 4.27. The van der Waals surface area contributed by atoms with Crippen LogP contribution in [0.4, 0.5) is 4.39 Å². The molecular formula is C7H10ClF. The number of halogens is 2. The second-order valence-electron chi connectivity index (χ2n) is 3.26. The van der Waals surface area contributed by atoms with Crippen molar-refractivity contribution in [3.8, 4) is 0 Å². The van der Waals surface area contributed by atoms with Crippen molar-refractivity contribution in [3.05, 3.63) is 0 Å². The third-order valence-electron chi connectivity index (χ3n) is 2.68. The molecular weight excluding hydrogens is 139 g/mol. The number of hydrogen-bond acceptors (Lipinski definition) is 0. The van der Waals surface area contributed by atoms with E-state index in [0.29, 0.717) is 17.2 Å². The molecule has 2 aliphatic rings. The summed E-state index contributed by atoms with van der Waals surface area (Å²) >= 11 is 5.91. The van der Waals surface area contributed by atoms with Gasteiger partial charge in [-0.05, 0) is 31.1 Å². The predicted octanol–water partition coefficient (Wildman–Crippen LogP) is 2.36. The van der Waals surface area contributed by atoms with Crippen LogP contribution in [0.1, 0.15) is 19.3 Å². The molecule has 2 saturated carbocycles. The van der Waals surface area contributed by atoms with Crippen LogP contribution in [0.3, 0.4) is 0 Å². The highest BCUT2D eigenvalue weighted by Gasteiger charge is 2.45. The molecule has 0 N–H and O–H groups in total. The van der Waals surface area contributed by atoms with Crippen LogP contribution < -0.4 is 0 Å². The molecule has 9 heavy (non-hydrogen) atoms. The predicted molar refractivity (Wildman–Crippen MR) is 35.4 cm³/mol. The van der Waals surface area contributed by atoms with Crippen molar-refractivity contribution in [1.29, 1.82) is 0 Å². The fraction of sp³-hybridized carbons (Fsp3) is 1.00. The lowest BCUT2D eigenvalue weighted by atomic mass is 9.99. The molecule has 0 heterocycles. The number of fused-ring (bicyclic) bond motifs is 2. The molecule has 0 aliphatic heterocycles. The van der Waals surface area contributed by atoms with E-state index in [0.717, 1.165) is 19.3 Å². The van der Waals surface area contributed by atoms with Crippen molar-refractivity contribution in [2.45, 2.75) is 30.8 Å². The normalized spacial score (nSPS) is 56.7. The van der Waals surface area contributed by atoms with Crippen molar-refractivity contribution < 1.29 is 4.39 Å². The van der Waals surface area contributed by atoms with E-state index in [1.54, 1.807) is 0 Å². The van der Waals surface area contributed by atoms with E-state index in [2.05, 4.69) is 0 Å². The van der Waals surface area contributed by atoms with Gasteiger partial charge in [-0.3, -0.25) is 0 Å². The zero-order valence-corrected chi connectivity index (χ0v) is 5.94. The van der Waals surface area contributed by atoms with Gasteiger partial charge in [0.2, 0.25) is 0 Å². The molecule has 0 nitrogen and oxygen atoms in total. The fourth-order valence-electron chi connectivity index (χ4n) is 2.14. The Kier molecular flexibility index (Phi) is 1.23. The lowest BCUT2D eigenvalue weighted by Gasteiger charge is -2.17. The standard InChI is InChI=1S/C7H10ClF/c8-6-2-5-1-4(6)3-7(5)9/h4-7H,1-3H2/t4-,5-,6+,7+/m1/s1. The van der Waals surface area contributed by atoms with Gasteiger partial charge in [0, 0.05) is 5.38 Å². The van der Waals surface area contributed by atoms with Crippen LogP contribution in [0.5, 0.6) is 0 Å². The fourth-order valence-corrected chi connectivity index (χ4v) is 2.57. The molecule has 0 unspecified atom stereocenters. The van der Waals surface area contributed by atoms with Gasteiger partial charge in [0.1, 0.15) is 6.17 Å². The van der Waals surface area contributed by atoms with E-state index >= 15 is 0 Å². The van der Waals surface area contributed by atoms with Crippen molar-refractivity contribution >= 4 is 11.6 Å². The molecule has 2 fully saturated rings. The average molecular weight is 149 g/mol. The first kappa shape index (κ1) is 5.96. The van der Waals surface area contributed by atoms with Gasteiger partial charge in [0.25, 0.3) is 0 Å². The topological polar surface area (TPSA) is 0 Å². The minimum Gasteiger partial charge on any atom is -0.247 e. The zero-order chi connectivity index (χ0) is 6.43. The third kappa shape index (κ3) is 0.778. The lowest BCUT2D eigenvalue weighted by Crippen LogP contribution is -2.18. The van der Waals surface area contributed by atoms with Gasteiger partial charge in [-0.25, -0.2) is 4.39 Å². The maximum Gasteiger partial charge on any atom is 0.103 e. The Bertz CT molecular complexity index is 108. The smallest absolute Gasteiger partial charge is 0.103 e. The molecule has 0 aromatic carbocycles. The van der Waals surface area contributed by atoms with Crippen molar-refractivity contribution in [2.24, 2.45) is 11.8 Å². The Hall–Kier alpha value is 0.220. The van der Waals surface area contributed by atoms with E-state index in [1.165, 1.54) is 0 Å². The maximum absolute atomic E-state index is 12.7. The summed E-state index contributed by atoms with van der Waals surface area (Å²) in [6.07, 6.45) is 2.19. The minimum absolute atomic E-state index is 0.294. The first-order valence-corrected chi connectivity index (χ1v) is 3.99. The van der Waals surface area contributed by atoms with Gasteiger partial charge in [0.15, 0.2) is 0 Å².